The highest BCUT2D eigenvalue weighted by atomic mass is 16.5. The predicted molar refractivity (Wildman–Crippen MR) is 67.8 cm³/mol. The van der Waals surface area contributed by atoms with Crippen molar-refractivity contribution in [1.29, 1.82) is 0 Å². The lowest BCUT2D eigenvalue weighted by molar-refractivity contribution is 0.179. The van der Waals surface area contributed by atoms with Gasteiger partial charge in [-0.2, -0.15) is 0 Å². The van der Waals surface area contributed by atoms with Gasteiger partial charge >= 0.3 is 0 Å². The molecule has 0 radical (unpaired) electrons. The Kier molecular flexibility index (Phi) is 3.49. The quantitative estimate of drug-likeness (QED) is 0.807. The number of benzene rings is 1. The summed E-state index contributed by atoms with van der Waals surface area (Å²) in [6.07, 6.45) is 2.06. The Labute approximate surface area is 102 Å². The van der Waals surface area contributed by atoms with Gasteiger partial charge in [0.2, 0.25) is 0 Å². The molecule has 0 N–H and O–H groups in total. The smallest absolute Gasteiger partial charge is 0.119 e. The number of nitrogens with zero attached hydrogens (tertiary/aromatic N) is 1. The molecular weight excluding hydrogens is 214 g/mol. The van der Waals surface area contributed by atoms with Gasteiger partial charge in [0, 0.05) is 19.0 Å². The minimum Gasteiger partial charge on any atom is -0.497 e. The topological polar surface area (TPSA) is 23.4 Å². The van der Waals surface area contributed by atoms with Crippen LogP contribution in [-0.2, 0) is 11.3 Å². The van der Waals surface area contributed by atoms with Crippen LogP contribution in [0.5, 0.6) is 5.75 Å². The van der Waals surface area contributed by atoms with Crippen LogP contribution in [0.25, 0.3) is 5.69 Å². The molecule has 90 valence electrons. The molecule has 2 rings (SSSR count). The van der Waals surface area contributed by atoms with Crippen LogP contribution >= 0.6 is 0 Å². The largest absolute Gasteiger partial charge is 0.497 e. The van der Waals surface area contributed by atoms with E-state index in [0.29, 0.717) is 6.61 Å². The summed E-state index contributed by atoms with van der Waals surface area (Å²) in [5, 5.41) is 0. The fraction of sp³-hybridized carbons (Fsp3) is 0.286. The lowest BCUT2D eigenvalue weighted by Crippen LogP contribution is -2.01. The molecule has 0 fully saturated rings. The Balaban J connectivity index is 2.38. The third-order valence-electron chi connectivity index (χ3n) is 2.85. The van der Waals surface area contributed by atoms with E-state index in [1.165, 1.54) is 11.3 Å². The highest BCUT2D eigenvalue weighted by molar-refractivity contribution is 5.41. The average molecular weight is 231 g/mol. The second kappa shape index (κ2) is 5.06. The molecular formula is C14H17NO2. The first-order valence-electron chi connectivity index (χ1n) is 5.56. The molecule has 2 aromatic rings. The van der Waals surface area contributed by atoms with E-state index in [-0.39, 0.29) is 0 Å². The summed E-state index contributed by atoms with van der Waals surface area (Å²) >= 11 is 0. The lowest BCUT2D eigenvalue weighted by Gasteiger charge is -2.10. The zero-order valence-electron chi connectivity index (χ0n) is 10.4. The van der Waals surface area contributed by atoms with Crippen LogP contribution in [0.15, 0.2) is 36.5 Å². The molecule has 3 nitrogen and oxygen atoms in total. The average Bonchev–Trinajstić information content (AvgIpc) is 2.72. The van der Waals surface area contributed by atoms with E-state index in [2.05, 4.69) is 23.8 Å². The number of methoxy groups -OCH3 is 2. The van der Waals surface area contributed by atoms with Gasteiger partial charge in [0.25, 0.3) is 0 Å². The summed E-state index contributed by atoms with van der Waals surface area (Å²) in [5.74, 6) is 0.867. The van der Waals surface area contributed by atoms with E-state index in [4.69, 9.17) is 9.47 Å². The highest BCUT2D eigenvalue weighted by Gasteiger charge is 2.07. The Hall–Kier alpha value is -1.74. The van der Waals surface area contributed by atoms with Gasteiger partial charge in [-0.05, 0) is 42.8 Å². The molecule has 0 aliphatic heterocycles. The molecule has 0 atom stereocenters. The third-order valence-corrected chi connectivity index (χ3v) is 2.85. The maximum atomic E-state index is 5.23. The number of aromatic nitrogens is 1. The number of ether oxygens (including phenoxy) is 2. The van der Waals surface area contributed by atoms with Gasteiger partial charge in [-0.15, -0.1) is 0 Å². The first-order chi connectivity index (χ1) is 8.26. The van der Waals surface area contributed by atoms with Gasteiger partial charge in [-0.3, -0.25) is 0 Å². The van der Waals surface area contributed by atoms with Crippen molar-refractivity contribution in [3.05, 3.63) is 47.8 Å². The molecule has 0 aliphatic carbocycles. The van der Waals surface area contributed by atoms with Crippen molar-refractivity contribution in [1.82, 2.24) is 4.57 Å². The zero-order valence-corrected chi connectivity index (χ0v) is 10.4. The maximum absolute atomic E-state index is 5.23. The van der Waals surface area contributed by atoms with E-state index in [9.17, 15) is 0 Å². The van der Waals surface area contributed by atoms with Gasteiger partial charge in [0.1, 0.15) is 5.75 Å². The fourth-order valence-electron chi connectivity index (χ4n) is 1.87. The van der Waals surface area contributed by atoms with Gasteiger partial charge in [-0.1, -0.05) is 0 Å². The first kappa shape index (κ1) is 11.7. The molecule has 1 aromatic carbocycles. The zero-order chi connectivity index (χ0) is 12.3. The Morgan fingerprint density at radius 3 is 2.35 bits per heavy atom. The summed E-state index contributed by atoms with van der Waals surface area (Å²) in [6.45, 7) is 2.71. The fourth-order valence-corrected chi connectivity index (χ4v) is 1.87. The molecule has 0 amide bonds. The normalized spacial score (nSPS) is 10.5. The molecule has 0 aliphatic rings. The number of hydrogen-bond donors (Lipinski definition) is 0. The van der Waals surface area contributed by atoms with Crippen molar-refractivity contribution in [3.8, 4) is 11.4 Å². The lowest BCUT2D eigenvalue weighted by atomic mass is 10.2. The van der Waals surface area contributed by atoms with Crippen LogP contribution < -0.4 is 4.74 Å². The molecule has 1 heterocycles. The van der Waals surface area contributed by atoms with E-state index in [1.807, 2.05) is 24.3 Å². The van der Waals surface area contributed by atoms with Crippen molar-refractivity contribution >= 4 is 0 Å². The summed E-state index contributed by atoms with van der Waals surface area (Å²) in [7, 11) is 3.38. The second-order valence-corrected chi connectivity index (χ2v) is 3.95. The summed E-state index contributed by atoms with van der Waals surface area (Å²) < 4.78 is 12.5. The minimum atomic E-state index is 0.616. The van der Waals surface area contributed by atoms with Crippen LogP contribution in [0, 0.1) is 6.92 Å². The maximum Gasteiger partial charge on any atom is 0.119 e. The monoisotopic (exact) mass is 231 g/mol. The first-order valence-corrected chi connectivity index (χ1v) is 5.56. The van der Waals surface area contributed by atoms with Crippen molar-refractivity contribution in [2.75, 3.05) is 14.2 Å². The van der Waals surface area contributed by atoms with Crippen LogP contribution in [-0.4, -0.2) is 18.8 Å². The standard InChI is InChI=1S/C14H17NO2/c1-11-8-9-15(14(11)10-16-2)12-4-6-13(17-3)7-5-12/h4-9H,10H2,1-3H3. The molecule has 0 bridgehead atoms. The van der Waals surface area contributed by atoms with Gasteiger partial charge in [0.05, 0.1) is 19.4 Å². The molecule has 0 saturated carbocycles. The summed E-state index contributed by atoms with van der Waals surface area (Å²) in [5.41, 5.74) is 3.53. The molecule has 3 heteroatoms. The van der Waals surface area contributed by atoms with Crippen LogP contribution in [0.1, 0.15) is 11.3 Å². The second-order valence-electron chi connectivity index (χ2n) is 3.95. The molecule has 0 unspecified atom stereocenters. The molecule has 0 spiro atoms. The number of hydrogen-bond acceptors (Lipinski definition) is 2. The van der Waals surface area contributed by atoms with Gasteiger partial charge < -0.3 is 14.0 Å². The van der Waals surface area contributed by atoms with Crippen molar-refractivity contribution in [2.45, 2.75) is 13.5 Å². The van der Waals surface area contributed by atoms with Crippen molar-refractivity contribution in [2.24, 2.45) is 0 Å². The number of rotatable bonds is 4. The van der Waals surface area contributed by atoms with Crippen molar-refractivity contribution in [3.63, 3.8) is 0 Å². The van der Waals surface area contributed by atoms with E-state index in [1.54, 1.807) is 14.2 Å². The Morgan fingerprint density at radius 2 is 1.76 bits per heavy atom. The third kappa shape index (κ3) is 2.34. The van der Waals surface area contributed by atoms with E-state index >= 15 is 0 Å². The number of aryl methyl sites for hydroxylation is 1. The SMILES string of the molecule is COCc1c(C)ccn1-c1ccc(OC)cc1. The highest BCUT2D eigenvalue weighted by Crippen LogP contribution is 2.20. The van der Waals surface area contributed by atoms with E-state index < -0.39 is 0 Å². The molecule has 1 aromatic heterocycles. The minimum absolute atomic E-state index is 0.616. The summed E-state index contributed by atoms with van der Waals surface area (Å²) in [4.78, 5) is 0. The van der Waals surface area contributed by atoms with Crippen LogP contribution in [0.3, 0.4) is 0 Å². The van der Waals surface area contributed by atoms with E-state index in [0.717, 1.165) is 11.4 Å². The Morgan fingerprint density at radius 1 is 1.06 bits per heavy atom. The van der Waals surface area contributed by atoms with Crippen LogP contribution in [0.2, 0.25) is 0 Å². The van der Waals surface area contributed by atoms with Crippen LogP contribution in [0.4, 0.5) is 0 Å². The summed E-state index contributed by atoms with van der Waals surface area (Å²) in [6, 6.07) is 10.1. The molecule has 17 heavy (non-hydrogen) atoms. The van der Waals surface area contributed by atoms with Gasteiger partial charge in [-0.25, -0.2) is 0 Å². The Bertz CT molecular complexity index is 485. The van der Waals surface area contributed by atoms with Gasteiger partial charge in [0.15, 0.2) is 0 Å². The molecule has 0 saturated heterocycles. The predicted octanol–water partition coefficient (Wildman–Crippen LogP) is 2.94. The van der Waals surface area contributed by atoms with Crippen molar-refractivity contribution < 1.29 is 9.47 Å².